The summed E-state index contributed by atoms with van der Waals surface area (Å²) in [5, 5.41) is 3.92. The van der Waals surface area contributed by atoms with Crippen molar-refractivity contribution in [2.24, 2.45) is 4.99 Å². The lowest BCUT2D eigenvalue weighted by Gasteiger charge is -2.15. The van der Waals surface area contributed by atoms with Gasteiger partial charge in [-0.3, -0.25) is 4.79 Å². The van der Waals surface area contributed by atoms with Crippen molar-refractivity contribution in [2.45, 2.75) is 20.5 Å². The maximum Gasteiger partial charge on any atom is 0.264 e. The zero-order chi connectivity index (χ0) is 24.9. The molecule has 3 aromatic rings. The third kappa shape index (κ3) is 6.41. The molecule has 0 saturated carbocycles. The number of amides is 1. The predicted molar refractivity (Wildman–Crippen MR) is 148 cm³/mol. The summed E-state index contributed by atoms with van der Waals surface area (Å²) in [5.74, 6) is 0.945. The van der Waals surface area contributed by atoms with E-state index in [2.05, 4.69) is 38.4 Å². The minimum atomic E-state index is -0.249. The summed E-state index contributed by atoms with van der Waals surface area (Å²) in [4.78, 5) is 17.5. The minimum Gasteiger partial charge on any atom is -0.490 e. The van der Waals surface area contributed by atoms with Crippen LogP contribution in [0.1, 0.15) is 23.6 Å². The Morgan fingerprint density at radius 1 is 1.11 bits per heavy atom. The van der Waals surface area contributed by atoms with Crippen LogP contribution in [0.2, 0.25) is 10.0 Å². The number of carbonyl (C=O) groups is 1. The minimum absolute atomic E-state index is 0.249. The van der Waals surface area contributed by atoms with Crippen LogP contribution in [0, 0.1) is 6.92 Å². The Morgan fingerprint density at radius 3 is 2.63 bits per heavy atom. The molecule has 1 fully saturated rings. The number of hydrogen-bond donors (Lipinski definition) is 1. The van der Waals surface area contributed by atoms with E-state index in [4.69, 9.17) is 32.7 Å². The first-order valence-electron chi connectivity index (χ1n) is 10.7. The molecule has 4 rings (SSSR count). The van der Waals surface area contributed by atoms with Crippen LogP contribution in [0.4, 0.5) is 5.69 Å². The summed E-state index contributed by atoms with van der Waals surface area (Å²) in [6.07, 6.45) is 1.78. The first-order valence-corrected chi connectivity index (χ1v) is 13.1. The van der Waals surface area contributed by atoms with E-state index in [0.717, 1.165) is 15.6 Å². The van der Waals surface area contributed by atoms with Gasteiger partial charge in [0.05, 0.1) is 31.7 Å². The second-order valence-corrected chi connectivity index (χ2v) is 10.3. The number of carbonyl (C=O) groups excluding carboxylic acids is 1. The number of nitrogens with one attached hydrogen (secondary N) is 1. The van der Waals surface area contributed by atoms with Crippen LogP contribution in [-0.2, 0) is 11.4 Å². The first kappa shape index (κ1) is 25.6. The number of aryl methyl sites for hydroxylation is 1. The number of thioether (sulfide) groups is 1. The smallest absolute Gasteiger partial charge is 0.264 e. The van der Waals surface area contributed by atoms with Gasteiger partial charge in [0, 0.05) is 0 Å². The van der Waals surface area contributed by atoms with Gasteiger partial charge in [-0.05, 0) is 83.0 Å². The number of amidine groups is 1. The van der Waals surface area contributed by atoms with Crippen molar-refractivity contribution in [1.82, 2.24) is 5.32 Å². The lowest BCUT2D eigenvalue weighted by molar-refractivity contribution is -0.115. The average molecular weight is 592 g/mol. The summed E-state index contributed by atoms with van der Waals surface area (Å²) in [7, 11) is 0. The summed E-state index contributed by atoms with van der Waals surface area (Å²) >= 11 is 17.1. The maximum absolute atomic E-state index is 12.6. The molecule has 9 heteroatoms. The Labute approximate surface area is 226 Å². The number of ether oxygens (including phenoxy) is 2. The van der Waals surface area contributed by atoms with Crippen LogP contribution in [0.25, 0.3) is 6.08 Å². The fraction of sp³-hybridized carbons (Fsp3) is 0.154. The molecule has 1 aliphatic rings. The number of rotatable bonds is 7. The van der Waals surface area contributed by atoms with Gasteiger partial charge < -0.3 is 14.8 Å². The number of nitrogens with zero attached hydrogens (tertiary/aromatic N) is 1. The monoisotopic (exact) mass is 590 g/mol. The van der Waals surface area contributed by atoms with Crippen LogP contribution in [0.3, 0.4) is 0 Å². The first-order chi connectivity index (χ1) is 16.8. The highest BCUT2D eigenvalue weighted by Crippen LogP contribution is 2.39. The second kappa shape index (κ2) is 11.5. The Kier molecular flexibility index (Phi) is 8.44. The molecule has 0 aliphatic carbocycles. The highest BCUT2D eigenvalue weighted by Gasteiger charge is 2.25. The molecule has 1 aliphatic heterocycles. The molecule has 1 heterocycles. The van der Waals surface area contributed by atoms with Gasteiger partial charge in [-0.15, -0.1) is 0 Å². The normalized spacial score (nSPS) is 15.5. The highest BCUT2D eigenvalue weighted by atomic mass is 79.9. The Hall–Kier alpha value is -2.45. The van der Waals surface area contributed by atoms with Gasteiger partial charge in [-0.2, -0.15) is 0 Å². The van der Waals surface area contributed by atoms with Gasteiger partial charge >= 0.3 is 0 Å². The molecule has 1 amide bonds. The van der Waals surface area contributed by atoms with Crippen molar-refractivity contribution in [3.05, 3.63) is 90.7 Å². The van der Waals surface area contributed by atoms with Crippen LogP contribution in [-0.4, -0.2) is 17.7 Å². The van der Waals surface area contributed by atoms with Crippen LogP contribution >= 0.6 is 50.9 Å². The van der Waals surface area contributed by atoms with E-state index in [1.807, 2.05) is 38.1 Å². The standard InChI is InChI=1S/C26H21BrCl2N2O3S/c1-3-33-21-12-17(11-18(27)24(21)34-14-16-9-7-15(2)8-10-16)13-22-25(32)31-26(35-22)30-20-6-4-5-19(28)23(20)29/h4-13H,3,14H2,1-2H3,(H,30,31,32)/b22-13+. The van der Waals surface area contributed by atoms with Gasteiger partial charge in [-0.25, -0.2) is 4.99 Å². The molecule has 180 valence electrons. The van der Waals surface area contributed by atoms with E-state index in [0.29, 0.717) is 50.5 Å². The highest BCUT2D eigenvalue weighted by molar-refractivity contribution is 9.10. The van der Waals surface area contributed by atoms with Crippen molar-refractivity contribution < 1.29 is 14.3 Å². The molecular weight excluding hydrogens is 571 g/mol. The zero-order valence-electron chi connectivity index (χ0n) is 18.9. The molecule has 1 N–H and O–H groups in total. The molecule has 0 spiro atoms. The van der Waals surface area contributed by atoms with Crippen molar-refractivity contribution in [3.8, 4) is 11.5 Å². The van der Waals surface area contributed by atoms with Gasteiger partial charge in [-0.1, -0.05) is 59.1 Å². The van der Waals surface area contributed by atoms with Gasteiger partial charge in [0.2, 0.25) is 0 Å². The van der Waals surface area contributed by atoms with Gasteiger partial charge in [0.1, 0.15) is 6.61 Å². The summed E-state index contributed by atoms with van der Waals surface area (Å²) < 4.78 is 12.6. The van der Waals surface area contributed by atoms with Crippen LogP contribution < -0.4 is 14.8 Å². The van der Waals surface area contributed by atoms with E-state index in [1.54, 1.807) is 24.3 Å². The van der Waals surface area contributed by atoms with E-state index in [-0.39, 0.29) is 5.91 Å². The lowest BCUT2D eigenvalue weighted by Crippen LogP contribution is -2.19. The number of hydrogen-bond acceptors (Lipinski definition) is 5. The summed E-state index contributed by atoms with van der Waals surface area (Å²) in [6, 6.07) is 17.1. The lowest BCUT2D eigenvalue weighted by atomic mass is 10.1. The molecule has 0 aromatic heterocycles. The Morgan fingerprint density at radius 2 is 1.89 bits per heavy atom. The molecule has 0 bridgehead atoms. The van der Waals surface area contributed by atoms with Gasteiger partial charge in [0.25, 0.3) is 5.91 Å². The van der Waals surface area contributed by atoms with Gasteiger partial charge in [0.15, 0.2) is 16.7 Å². The molecule has 0 radical (unpaired) electrons. The molecule has 0 atom stereocenters. The van der Waals surface area contributed by atoms with E-state index < -0.39 is 0 Å². The quantitative estimate of drug-likeness (QED) is 0.283. The number of aliphatic imine (C=N–C) groups is 1. The maximum atomic E-state index is 12.6. The molecule has 35 heavy (non-hydrogen) atoms. The molecule has 3 aromatic carbocycles. The Balaban J connectivity index is 1.56. The van der Waals surface area contributed by atoms with E-state index in [1.165, 1.54) is 17.3 Å². The summed E-state index contributed by atoms with van der Waals surface area (Å²) in [5.41, 5.74) is 3.52. The fourth-order valence-corrected chi connectivity index (χ4v) is 4.98. The SMILES string of the molecule is CCOc1cc(/C=C2/SC(=Nc3cccc(Cl)c3Cl)NC2=O)cc(Br)c1OCc1ccc(C)cc1. The topological polar surface area (TPSA) is 59.9 Å². The van der Waals surface area contributed by atoms with Crippen molar-refractivity contribution in [3.63, 3.8) is 0 Å². The summed E-state index contributed by atoms with van der Waals surface area (Å²) in [6.45, 7) is 4.84. The zero-order valence-corrected chi connectivity index (χ0v) is 22.8. The number of halogens is 3. The van der Waals surface area contributed by atoms with E-state index in [9.17, 15) is 4.79 Å². The van der Waals surface area contributed by atoms with Crippen LogP contribution in [0.5, 0.6) is 11.5 Å². The van der Waals surface area contributed by atoms with E-state index >= 15 is 0 Å². The van der Waals surface area contributed by atoms with Crippen molar-refractivity contribution >= 4 is 73.7 Å². The number of benzene rings is 3. The molecule has 0 unspecified atom stereocenters. The third-order valence-electron chi connectivity index (χ3n) is 4.94. The fourth-order valence-electron chi connectivity index (χ4n) is 3.23. The van der Waals surface area contributed by atoms with Crippen molar-refractivity contribution in [2.75, 3.05) is 6.61 Å². The molecule has 5 nitrogen and oxygen atoms in total. The third-order valence-corrected chi connectivity index (χ3v) is 7.25. The van der Waals surface area contributed by atoms with Crippen LogP contribution in [0.15, 0.2) is 69.0 Å². The predicted octanol–water partition coefficient (Wildman–Crippen LogP) is 7.93. The average Bonchev–Trinajstić information content (AvgIpc) is 3.16. The molecule has 1 saturated heterocycles. The molecular formula is C26H21BrCl2N2O3S. The Bertz CT molecular complexity index is 1330. The largest absolute Gasteiger partial charge is 0.490 e. The van der Waals surface area contributed by atoms with Crippen molar-refractivity contribution in [1.29, 1.82) is 0 Å². The second-order valence-electron chi connectivity index (χ2n) is 7.59.